The second-order valence-corrected chi connectivity index (χ2v) is 7.68. The van der Waals surface area contributed by atoms with Gasteiger partial charge >= 0.3 is 11.8 Å². The molecule has 0 unspecified atom stereocenters. The van der Waals surface area contributed by atoms with E-state index in [-0.39, 0.29) is 6.04 Å². The third-order valence-electron chi connectivity index (χ3n) is 5.96. The lowest BCUT2D eigenvalue weighted by Crippen LogP contribution is -2.43. The summed E-state index contributed by atoms with van der Waals surface area (Å²) in [5.41, 5.74) is 3.38. The predicted octanol–water partition coefficient (Wildman–Crippen LogP) is 2.25. The molecule has 134 valence electrons. The third kappa shape index (κ3) is 3.71. The molecule has 4 rings (SSSR count). The Hall–Kier alpha value is -1.88. The summed E-state index contributed by atoms with van der Waals surface area (Å²) in [5.74, 6) is -1.07. The highest BCUT2D eigenvalue weighted by Gasteiger charge is 2.31. The molecular weight excluding hydrogens is 314 g/mol. The number of benzene rings is 1. The van der Waals surface area contributed by atoms with Crippen LogP contribution < -0.4 is 10.6 Å². The molecule has 1 aliphatic heterocycles. The number of fused-ring (bicyclic) bond motifs is 1. The maximum absolute atomic E-state index is 12.2. The highest BCUT2D eigenvalue weighted by Crippen LogP contribution is 2.27. The molecule has 5 heteroatoms. The maximum atomic E-state index is 12.2. The Kier molecular flexibility index (Phi) is 4.75. The number of amides is 2. The van der Waals surface area contributed by atoms with Crippen LogP contribution in [0, 0.1) is 0 Å². The van der Waals surface area contributed by atoms with E-state index >= 15 is 0 Å². The zero-order chi connectivity index (χ0) is 17.2. The molecule has 0 bridgehead atoms. The van der Waals surface area contributed by atoms with E-state index in [1.165, 1.54) is 43.2 Å². The number of likely N-dealkylation sites (tertiary alicyclic amines) is 1. The molecule has 2 fully saturated rings. The molecule has 0 radical (unpaired) electrons. The number of anilines is 1. The largest absolute Gasteiger partial charge is 0.344 e. The second kappa shape index (κ2) is 7.16. The SMILES string of the molecule is O=C(Nc1ccc2c(c1)CCC2)C(=O)N[C@@H]1CCN(C2CCCC2)C1. The number of carbonyl (C=O) groups excluding carboxylic acids is 2. The second-order valence-electron chi connectivity index (χ2n) is 7.68. The molecule has 25 heavy (non-hydrogen) atoms. The summed E-state index contributed by atoms with van der Waals surface area (Å²) in [6, 6.07) is 6.74. The van der Waals surface area contributed by atoms with Gasteiger partial charge in [0.05, 0.1) is 0 Å². The third-order valence-corrected chi connectivity index (χ3v) is 5.96. The average molecular weight is 341 g/mol. The van der Waals surface area contributed by atoms with Crippen LogP contribution in [0.1, 0.15) is 49.7 Å². The van der Waals surface area contributed by atoms with Crippen LogP contribution in [0.4, 0.5) is 5.69 Å². The monoisotopic (exact) mass is 341 g/mol. The summed E-state index contributed by atoms with van der Waals surface area (Å²) in [7, 11) is 0. The molecule has 2 amide bonds. The first-order valence-electron chi connectivity index (χ1n) is 9.67. The van der Waals surface area contributed by atoms with E-state index in [0.29, 0.717) is 6.04 Å². The zero-order valence-corrected chi connectivity index (χ0v) is 14.7. The predicted molar refractivity (Wildman–Crippen MR) is 97.5 cm³/mol. The van der Waals surface area contributed by atoms with Crippen molar-refractivity contribution < 1.29 is 9.59 Å². The van der Waals surface area contributed by atoms with Crippen molar-refractivity contribution in [1.29, 1.82) is 0 Å². The summed E-state index contributed by atoms with van der Waals surface area (Å²) in [6.45, 7) is 1.91. The van der Waals surface area contributed by atoms with Gasteiger partial charge in [-0.05, 0) is 61.8 Å². The summed E-state index contributed by atoms with van der Waals surface area (Å²) >= 11 is 0. The van der Waals surface area contributed by atoms with E-state index in [1.54, 1.807) is 0 Å². The summed E-state index contributed by atoms with van der Waals surface area (Å²) in [4.78, 5) is 26.9. The van der Waals surface area contributed by atoms with Crippen molar-refractivity contribution in [2.24, 2.45) is 0 Å². The molecule has 3 aliphatic rings. The number of hydrogen-bond donors (Lipinski definition) is 2. The van der Waals surface area contributed by atoms with Crippen molar-refractivity contribution in [3.63, 3.8) is 0 Å². The quantitative estimate of drug-likeness (QED) is 0.829. The minimum absolute atomic E-state index is 0.0962. The van der Waals surface area contributed by atoms with Crippen molar-refractivity contribution in [2.75, 3.05) is 18.4 Å². The molecule has 1 saturated heterocycles. The highest BCUT2D eigenvalue weighted by atomic mass is 16.2. The van der Waals surface area contributed by atoms with Crippen LogP contribution in [-0.2, 0) is 22.4 Å². The fourth-order valence-electron chi connectivity index (χ4n) is 4.59. The molecule has 1 atom stereocenters. The molecule has 5 nitrogen and oxygen atoms in total. The first-order valence-corrected chi connectivity index (χ1v) is 9.67. The molecule has 1 saturated carbocycles. The summed E-state index contributed by atoms with van der Waals surface area (Å²) < 4.78 is 0. The molecule has 1 aromatic rings. The molecule has 1 aromatic carbocycles. The number of hydrogen-bond acceptors (Lipinski definition) is 3. The van der Waals surface area contributed by atoms with Gasteiger partial charge in [-0.25, -0.2) is 0 Å². The fourth-order valence-corrected chi connectivity index (χ4v) is 4.59. The number of rotatable bonds is 3. The number of carbonyl (C=O) groups is 2. The Bertz CT molecular complexity index is 667. The Morgan fingerprint density at radius 1 is 0.960 bits per heavy atom. The standard InChI is InChI=1S/C20H27N3O2/c24-19(21-16-9-8-14-4-3-5-15(14)12-16)20(25)22-17-10-11-23(13-17)18-6-1-2-7-18/h8-9,12,17-18H,1-7,10-11,13H2,(H,21,24)(H,22,25)/t17-/m1/s1. The number of nitrogens with zero attached hydrogens (tertiary/aromatic N) is 1. The van der Waals surface area contributed by atoms with Crippen molar-refractivity contribution >= 4 is 17.5 Å². The number of nitrogens with one attached hydrogen (secondary N) is 2. The smallest absolute Gasteiger partial charge is 0.313 e. The van der Waals surface area contributed by atoms with Crippen molar-refractivity contribution in [3.05, 3.63) is 29.3 Å². The zero-order valence-electron chi connectivity index (χ0n) is 14.7. The topological polar surface area (TPSA) is 61.4 Å². The van der Waals surface area contributed by atoms with Gasteiger partial charge in [0.25, 0.3) is 0 Å². The van der Waals surface area contributed by atoms with Gasteiger partial charge in [0.1, 0.15) is 0 Å². The van der Waals surface area contributed by atoms with E-state index in [4.69, 9.17) is 0 Å². The van der Waals surface area contributed by atoms with E-state index in [0.717, 1.165) is 38.0 Å². The van der Waals surface area contributed by atoms with Gasteiger partial charge in [0.15, 0.2) is 0 Å². The van der Waals surface area contributed by atoms with Crippen molar-refractivity contribution in [2.45, 2.75) is 63.5 Å². The van der Waals surface area contributed by atoms with Gasteiger partial charge in [-0.15, -0.1) is 0 Å². The lowest BCUT2D eigenvalue weighted by atomic mass is 10.1. The fraction of sp³-hybridized carbons (Fsp3) is 0.600. The average Bonchev–Trinajstić information content (AvgIpc) is 3.35. The first kappa shape index (κ1) is 16.6. The molecule has 0 spiro atoms. The minimum atomic E-state index is -0.558. The Morgan fingerprint density at radius 2 is 1.76 bits per heavy atom. The van der Waals surface area contributed by atoms with Crippen LogP contribution >= 0.6 is 0 Å². The van der Waals surface area contributed by atoms with Gasteiger partial charge in [-0.2, -0.15) is 0 Å². The summed E-state index contributed by atoms with van der Waals surface area (Å²) in [6.07, 6.45) is 9.48. The van der Waals surface area contributed by atoms with E-state index in [1.807, 2.05) is 12.1 Å². The summed E-state index contributed by atoms with van der Waals surface area (Å²) in [5, 5.41) is 5.66. The van der Waals surface area contributed by atoms with Crippen LogP contribution in [0.3, 0.4) is 0 Å². The van der Waals surface area contributed by atoms with Crippen LogP contribution in [0.15, 0.2) is 18.2 Å². The molecule has 2 aliphatic carbocycles. The van der Waals surface area contributed by atoms with Gasteiger partial charge in [-0.1, -0.05) is 18.9 Å². The van der Waals surface area contributed by atoms with Crippen molar-refractivity contribution in [3.8, 4) is 0 Å². The Balaban J connectivity index is 1.28. The molecule has 1 heterocycles. The Labute approximate surface area is 149 Å². The number of aryl methyl sites for hydroxylation is 2. The van der Waals surface area contributed by atoms with Gasteiger partial charge < -0.3 is 10.6 Å². The lowest BCUT2D eigenvalue weighted by Gasteiger charge is -2.23. The minimum Gasteiger partial charge on any atom is -0.344 e. The molecular formula is C20H27N3O2. The van der Waals surface area contributed by atoms with Gasteiger partial charge in [-0.3, -0.25) is 14.5 Å². The lowest BCUT2D eigenvalue weighted by molar-refractivity contribution is -0.136. The highest BCUT2D eigenvalue weighted by molar-refractivity contribution is 6.39. The van der Waals surface area contributed by atoms with Crippen LogP contribution in [-0.4, -0.2) is 41.9 Å². The Morgan fingerprint density at radius 3 is 2.60 bits per heavy atom. The van der Waals surface area contributed by atoms with Crippen LogP contribution in [0.25, 0.3) is 0 Å². The van der Waals surface area contributed by atoms with Crippen molar-refractivity contribution in [1.82, 2.24) is 10.2 Å². The maximum Gasteiger partial charge on any atom is 0.313 e. The van der Waals surface area contributed by atoms with Crippen LogP contribution in [0.5, 0.6) is 0 Å². The van der Waals surface area contributed by atoms with Gasteiger partial charge in [0.2, 0.25) is 0 Å². The molecule has 0 aromatic heterocycles. The normalized spacial score (nSPS) is 23.6. The van der Waals surface area contributed by atoms with E-state index < -0.39 is 11.8 Å². The van der Waals surface area contributed by atoms with Gasteiger partial charge in [0, 0.05) is 30.9 Å². The van der Waals surface area contributed by atoms with E-state index in [9.17, 15) is 9.59 Å². The van der Waals surface area contributed by atoms with Crippen LogP contribution in [0.2, 0.25) is 0 Å². The molecule has 2 N–H and O–H groups in total. The first-order chi connectivity index (χ1) is 12.2. The van der Waals surface area contributed by atoms with E-state index in [2.05, 4.69) is 21.6 Å².